The fraction of sp³-hybridized carbons (Fsp3) is 0.400. The first-order chi connectivity index (χ1) is 5.72. The summed E-state index contributed by atoms with van der Waals surface area (Å²) in [5.41, 5.74) is 0. The first kappa shape index (κ1) is 13.1. The van der Waals surface area contributed by atoms with Crippen LogP contribution in [0.5, 0.6) is 0 Å². The van der Waals surface area contributed by atoms with Gasteiger partial charge in [0.25, 0.3) is 0 Å². The van der Waals surface area contributed by atoms with E-state index in [9.17, 15) is 0 Å². The predicted molar refractivity (Wildman–Crippen MR) is 50.0 cm³/mol. The van der Waals surface area contributed by atoms with Gasteiger partial charge >= 0.3 is 0 Å². The molecule has 0 saturated heterocycles. The molecule has 0 aliphatic heterocycles. The van der Waals surface area contributed by atoms with Gasteiger partial charge in [-0.05, 0) is 13.3 Å². The minimum atomic E-state index is 0.00463. The number of hydrogen-bond donors (Lipinski definition) is 0. The Morgan fingerprint density at radius 1 is 1.50 bits per heavy atom. The van der Waals surface area contributed by atoms with Crippen molar-refractivity contribution in [2.75, 3.05) is 0 Å². The van der Waals surface area contributed by atoms with E-state index in [1.807, 2.05) is 25.1 Å². The number of rotatable bonds is 2. The summed E-state index contributed by atoms with van der Waals surface area (Å²) in [6, 6.07) is 3.88. The van der Waals surface area contributed by atoms with Crippen LogP contribution in [0.15, 0.2) is 24.8 Å². The van der Waals surface area contributed by atoms with Gasteiger partial charge in [-0.1, -0.05) is 19.1 Å². The summed E-state index contributed by atoms with van der Waals surface area (Å²) in [5, 5.41) is 15.9. The Kier molecular flexibility index (Phi) is 13.3. The Hall–Kier alpha value is -1.54. The number of allylic oxidation sites excluding steroid dienone is 3. The molecule has 0 rings (SSSR count). The molecule has 2 heteroatoms. The van der Waals surface area contributed by atoms with Gasteiger partial charge in [-0.2, -0.15) is 10.5 Å². The molecule has 0 radical (unpaired) electrons. The van der Waals surface area contributed by atoms with E-state index in [0.717, 1.165) is 6.42 Å². The average Bonchev–Trinajstić information content (AvgIpc) is 2.14. The Labute approximate surface area is 74.4 Å². The lowest BCUT2D eigenvalue weighted by atomic mass is 10.2. The van der Waals surface area contributed by atoms with Gasteiger partial charge in [-0.3, -0.25) is 0 Å². The normalized spacial score (nSPS) is 10.3. The highest BCUT2D eigenvalue weighted by molar-refractivity contribution is 5.00. The monoisotopic (exact) mass is 162 g/mol. The molecule has 0 N–H and O–H groups in total. The van der Waals surface area contributed by atoms with Gasteiger partial charge < -0.3 is 0 Å². The molecule has 0 aromatic heterocycles. The van der Waals surface area contributed by atoms with Crippen molar-refractivity contribution in [1.29, 1.82) is 10.5 Å². The van der Waals surface area contributed by atoms with Crippen LogP contribution in [0.3, 0.4) is 0 Å². The Bertz CT molecular complexity index is 203. The highest BCUT2D eigenvalue weighted by atomic mass is 14.2. The van der Waals surface area contributed by atoms with E-state index in [4.69, 9.17) is 10.5 Å². The summed E-state index contributed by atoms with van der Waals surface area (Å²) in [6.07, 6.45) is 5.87. The molecule has 0 amide bonds. The molecule has 0 aromatic carbocycles. The maximum Gasteiger partial charge on any atom is 0.0908 e. The molecule has 2 nitrogen and oxygen atoms in total. The Morgan fingerprint density at radius 2 is 2.08 bits per heavy atom. The van der Waals surface area contributed by atoms with Crippen LogP contribution in [0, 0.1) is 28.6 Å². The lowest BCUT2D eigenvalue weighted by Crippen LogP contribution is -1.76. The standard InChI is InChI=1S/2C5H7N/c1-3-5(2)4-6;1-2-3-4-5-6/h3,5H,1H2,2H3;3-4H,2H2,1H3. The van der Waals surface area contributed by atoms with Crippen molar-refractivity contribution < 1.29 is 0 Å². The van der Waals surface area contributed by atoms with Crippen LogP contribution in [0.4, 0.5) is 0 Å². The van der Waals surface area contributed by atoms with E-state index in [0.29, 0.717) is 0 Å². The molecule has 0 bridgehead atoms. The Morgan fingerprint density at radius 3 is 2.17 bits per heavy atom. The van der Waals surface area contributed by atoms with E-state index in [1.165, 1.54) is 6.08 Å². The topological polar surface area (TPSA) is 47.6 Å². The van der Waals surface area contributed by atoms with E-state index in [2.05, 4.69) is 6.58 Å². The van der Waals surface area contributed by atoms with Crippen molar-refractivity contribution in [3.8, 4) is 12.1 Å². The van der Waals surface area contributed by atoms with Gasteiger partial charge in [-0.25, -0.2) is 0 Å². The van der Waals surface area contributed by atoms with Crippen molar-refractivity contribution in [3.05, 3.63) is 24.8 Å². The van der Waals surface area contributed by atoms with Crippen LogP contribution in [0.1, 0.15) is 20.3 Å². The second-order valence-corrected chi connectivity index (χ2v) is 2.09. The van der Waals surface area contributed by atoms with E-state index in [1.54, 1.807) is 13.0 Å². The first-order valence-electron chi connectivity index (χ1n) is 3.79. The third-order valence-corrected chi connectivity index (χ3v) is 0.985. The van der Waals surface area contributed by atoms with Crippen LogP contribution in [-0.2, 0) is 0 Å². The molecule has 0 aromatic rings. The zero-order valence-corrected chi connectivity index (χ0v) is 7.62. The molecule has 1 atom stereocenters. The molecule has 1 unspecified atom stereocenters. The number of hydrogen-bond acceptors (Lipinski definition) is 2. The lowest BCUT2D eigenvalue weighted by molar-refractivity contribution is 0.960. The highest BCUT2D eigenvalue weighted by Crippen LogP contribution is 1.87. The minimum absolute atomic E-state index is 0.00463. The van der Waals surface area contributed by atoms with Crippen molar-refractivity contribution >= 4 is 0 Å². The summed E-state index contributed by atoms with van der Waals surface area (Å²) < 4.78 is 0. The van der Waals surface area contributed by atoms with Crippen LogP contribution in [0.2, 0.25) is 0 Å². The zero-order valence-electron chi connectivity index (χ0n) is 7.62. The number of nitriles is 2. The van der Waals surface area contributed by atoms with E-state index >= 15 is 0 Å². The lowest BCUT2D eigenvalue weighted by Gasteiger charge is -1.80. The summed E-state index contributed by atoms with van der Waals surface area (Å²) >= 11 is 0. The number of nitrogens with zero attached hydrogens (tertiary/aromatic N) is 2. The smallest absolute Gasteiger partial charge is 0.0908 e. The van der Waals surface area contributed by atoms with Gasteiger partial charge in [0.15, 0.2) is 0 Å². The summed E-state index contributed by atoms with van der Waals surface area (Å²) in [5.74, 6) is 0.00463. The fourth-order valence-electron chi connectivity index (χ4n) is 0.223. The molecule has 12 heavy (non-hydrogen) atoms. The van der Waals surface area contributed by atoms with Gasteiger partial charge in [-0.15, -0.1) is 6.58 Å². The molecule has 0 fully saturated rings. The van der Waals surface area contributed by atoms with Crippen LogP contribution in [0.25, 0.3) is 0 Å². The summed E-state index contributed by atoms with van der Waals surface area (Å²) in [6.45, 7) is 7.20. The summed E-state index contributed by atoms with van der Waals surface area (Å²) in [4.78, 5) is 0. The highest BCUT2D eigenvalue weighted by Gasteiger charge is 1.83. The maximum absolute atomic E-state index is 8.01. The maximum atomic E-state index is 8.01. The third kappa shape index (κ3) is 15.8. The molecule has 0 aliphatic rings. The minimum Gasteiger partial charge on any atom is -0.198 e. The molecular weight excluding hydrogens is 148 g/mol. The molecule has 0 aliphatic carbocycles. The van der Waals surface area contributed by atoms with Crippen molar-refractivity contribution in [1.82, 2.24) is 0 Å². The SMILES string of the molecule is C=CC(C)C#N.CCC=CC#N. The van der Waals surface area contributed by atoms with Gasteiger partial charge in [0.05, 0.1) is 18.1 Å². The molecular formula is C10H14N2. The molecule has 0 spiro atoms. The van der Waals surface area contributed by atoms with Crippen molar-refractivity contribution in [2.45, 2.75) is 20.3 Å². The second-order valence-electron chi connectivity index (χ2n) is 2.09. The van der Waals surface area contributed by atoms with Crippen LogP contribution in [-0.4, -0.2) is 0 Å². The van der Waals surface area contributed by atoms with Crippen LogP contribution < -0.4 is 0 Å². The largest absolute Gasteiger partial charge is 0.198 e. The van der Waals surface area contributed by atoms with Gasteiger partial charge in [0.2, 0.25) is 0 Å². The van der Waals surface area contributed by atoms with Crippen molar-refractivity contribution in [2.24, 2.45) is 5.92 Å². The van der Waals surface area contributed by atoms with Crippen molar-refractivity contribution in [3.63, 3.8) is 0 Å². The van der Waals surface area contributed by atoms with E-state index < -0.39 is 0 Å². The first-order valence-corrected chi connectivity index (χ1v) is 3.79. The third-order valence-electron chi connectivity index (χ3n) is 0.985. The zero-order chi connectivity index (χ0) is 9.82. The quantitative estimate of drug-likeness (QED) is 0.463. The Balaban J connectivity index is 0. The molecule has 64 valence electrons. The second kappa shape index (κ2) is 12.2. The van der Waals surface area contributed by atoms with Gasteiger partial charge in [0.1, 0.15) is 0 Å². The predicted octanol–water partition coefficient (Wildman–Crippen LogP) is 2.81. The van der Waals surface area contributed by atoms with E-state index in [-0.39, 0.29) is 5.92 Å². The molecule has 0 saturated carbocycles. The van der Waals surface area contributed by atoms with Gasteiger partial charge in [0, 0.05) is 6.08 Å². The average molecular weight is 162 g/mol. The van der Waals surface area contributed by atoms with Crippen LogP contribution >= 0.6 is 0 Å². The summed E-state index contributed by atoms with van der Waals surface area (Å²) in [7, 11) is 0. The fourth-order valence-corrected chi connectivity index (χ4v) is 0.223. The molecule has 0 heterocycles.